The van der Waals surface area contributed by atoms with E-state index in [2.05, 4.69) is 5.32 Å². The molecular formula is C38H70N2O16. The number of ether oxygens (including phenoxy) is 12. The molecule has 0 saturated heterocycles. The molecule has 18 heteroatoms. The predicted molar refractivity (Wildman–Crippen MR) is 205 cm³/mol. The third-order valence-electron chi connectivity index (χ3n) is 7.26. The standard InChI is InChI=1S/C37H66N2O16.CH4/c1-33(2)34(40)6-9-44-11-13-46-15-17-48-19-21-50-23-25-52-27-29-54-31-32-55-30-28-53-26-24-51-22-20-49-18-16-47-14-12-45-10-7-38-35(41)5-8-39-36(42)3-4-37(39)43;/h3-4,33H,5-32H2,1-2H3,(H,38,41);1H4. The van der Waals surface area contributed by atoms with Crippen LogP contribution in [-0.2, 0) is 76.0 Å². The molecule has 0 spiro atoms. The van der Waals surface area contributed by atoms with Gasteiger partial charge < -0.3 is 62.2 Å². The third kappa shape index (κ3) is 34.8. The summed E-state index contributed by atoms with van der Waals surface area (Å²) in [5, 5.41) is 2.68. The molecule has 0 unspecified atom stereocenters. The van der Waals surface area contributed by atoms with E-state index in [0.717, 1.165) is 4.90 Å². The molecule has 0 radical (unpaired) electrons. The molecule has 1 N–H and O–H groups in total. The predicted octanol–water partition coefficient (Wildman–Crippen LogP) is 0.868. The number of carbonyl (C=O) groups excluding carboxylic acids is 4. The number of nitrogens with one attached hydrogen (secondary N) is 1. The number of rotatable bonds is 43. The lowest BCUT2D eigenvalue weighted by molar-refractivity contribution is -0.137. The Kier molecular flexibility index (Phi) is 38.9. The minimum absolute atomic E-state index is 0. The Balaban J connectivity index is 0.0000302. The maximum atomic E-state index is 11.8. The van der Waals surface area contributed by atoms with Crippen LogP contribution in [0.25, 0.3) is 0 Å². The lowest BCUT2D eigenvalue weighted by Crippen LogP contribution is -2.35. The zero-order chi connectivity index (χ0) is 39.9. The molecule has 0 saturated carbocycles. The van der Waals surface area contributed by atoms with E-state index in [1.54, 1.807) is 0 Å². The van der Waals surface area contributed by atoms with Crippen molar-refractivity contribution in [1.29, 1.82) is 0 Å². The summed E-state index contributed by atoms with van der Waals surface area (Å²) in [7, 11) is 0. The largest absolute Gasteiger partial charge is 0.379 e. The Labute approximate surface area is 333 Å². The molecule has 0 aromatic carbocycles. The molecule has 1 aliphatic rings. The number of carbonyl (C=O) groups is 4. The van der Waals surface area contributed by atoms with E-state index >= 15 is 0 Å². The molecule has 1 aliphatic heterocycles. The van der Waals surface area contributed by atoms with Crippen LogP contribution in [0.1, 0.15) is 34.1 Å². The van der Waals surface area contributed by atoms with Gasteiger partial charge in [-0.1, -0.05) is 21.3 Å². The van der Waals surface area contributed by atoms with Gasteiger partial charge in [-0.3, -0.25) is 24.1 Å². The number of ketones is 1. The van der Waals surface area contributed by atoms with Crippen LogP contribution in [0.4, 0.5) is 0 Å². The van der Waals surface area contributed by atoms with Crippen LogP contribution in [0.15, 0.2) is 12.2 Å². The average Bonchev–Trinajstić information content (AvgIpc) is 3.50. The second-order valence-corrected chi connectivity index (χ2v) is 12.0. The first-order chi connectivity index (χ1) is 26.9. The average molecular weight is 811 g/mol. The first-order valence-corrected chi connectivity index (χ1v) is 19.2. The van der Waals surface area contributed by atoms with Crippen molar-refractivity contribution in [3.05, 3.63) is 12.2 Å². The van der Waals surface area contributed by atoms with Crippen molar-refractivity contribution >= 4 is 23.5 Å². The number of amides is 3. The molecule has 56 heavy (non-hydrogen) atoms. The van der Waals surface area contributed by atoms with Gasteiger partial charge >= 0.3 is 0 Å². The van der Waals surface area contributed by atoms with E-state index in [0.29, 0.717) is 172 Å². The van der Waals surface area contributed by atoms with Gasteiger partial charge in [0.15, 0.2) is 0 Å². The lowest BCUT2D eigenvalue weighted by atomic mass is 10.1. The second kappa shape index (κ2) is 40.7. The van der Waals surface area contributed by atoms with Gasteiger partial charge in [0.1, 0.15) is 5.78 Å². The minimum atomic E-state index is -0.399. The Morgan fingerprint density at radius 1 is 0.464 bits per heavy atom. The number of nitrogens with zero attached hydrogens (tertiary/aromatic N) is 1. The van der Waals surface area contributed by atoms with Crippen molar-refractivity contribution in [2.24, 2.45) is 5.92 Å². The summed E-state index contributed by atoms with van der Waals surface area (Å²) < 4.78 is 65.4. The molecule has 328 valence electrons. The normalized spacial score (nSPS) is 12.6. The summed E-state index contributed by atoms with van der Waals surface area (Å²) in [6, 6.07) is 0. The Hall–Kier alpha value is -2.46. The smallest absolute Gasteiger partial charge is 0.253 e. The summed E-state index contributed by atoms with van der Waals surface area (Å²) in [5.41, 5.74) is 0. The minimum Gasteiger partial charge on any atom is -0.379 e. The Bertz CT molecular complexity index is 969. The van der Waals surface area contributed by atoms with Crippen LogP contribution in [0, 0.1) is 5.92 Å². The molecule has 0 fully saturated rings. The van der Waals surface area contributed by atoms with E-state index in [1.165, 1.54) is 12.2 Å². The van der Waals surface area contributed by atoms with E-state index < -0.39 is 11.8 Å². The first-order valence-electron chi connectivity index (χ1n) is 19.2. The maximum absolute atomic E-state index is 11.8. The molecule has 0 aromatic heterocycles. The van der Waals surface area contributed by atoms with E-state index in [9.17, 15) is 19.2 Å². The molecule has 3 amide bonds. The molecule has 0 aliphatic carbocycles. The van der Waals surface area contributed by atoms with Gasteiger partial charge in [-0.15, -0.1) is 0 Å². The van der Waals surface area contributed by atoms with Gasteiger partial charge in [0.2, 0.25) is 5.91 Å². The highest BCUT2D eigenvalue weighted by molar-refractivity contribution is 6.13. The van der Waals surface area contributed by atoms with E-state index in [1.807, 2.05) is 13.8 Å². The van der Waals surface area contributed by atoms with Crippen molar-refractivity contribution in [1.82, 2.24) is 10.2 Å². The summed E-state index contributed by atoms with van der Waals surface area (Å²) in [4.78, 5) is 47.2. The fourth-order valence-corrected chi connectivity index (χ4v) is 4.20. The number of hydrogen-bond donors (Lipinski definition) is 1. The number of imide groups is 1. The van der Waals surface area contributed by atoms with Gasteiger partial charge in [-0.05, 0) is 0 Å². The third-order valence-corrected chi connectivity index (χ3v) is 7.26. The number of hydrogen-bond acceptors (Lipinski definition) is 16. The van der Waals surface area contributed by atoms with Gasteiger partial charge in [-0.2, -0.15) is 0 Å². The van der Waals surface area contributed by atoms with E-state index in [4.69, 9.17) is 56.8 Å². The van der Waals surface area contributed by atoms with Crippen LogP contribution in [-0.4, -0.2) is 200 Å². The molecule has 1 heterocycles. The van der Waals surface area contributed by atoms with Crippen LogP contribution < -0.4 is 5.32 Å². The van der Waals surface area contributed by atoms with Crippen molar-refractivity contribution in [3.63, 3.8) is 0 Å². The highest BCUT2D eigenvalue weighted by Gasteiger charge is 2.23. The number of Topliss-reactive ketones (excluding diaryl/α,β-unsaturated/α-hetero) is 1. The summed E-state index contributed by atoms with van der Waals surface area (Å²) >= 11 is 0. The molecule has 1 rings (SSSR count). The summed E-state index contributed by atoms with van der Waals surface area (Å²) in [6.07, 6.45) is 2.88. The molecule has 18 nitrogen and oxygen atoms in total. The molecule has 0 bridgehead atoms. The second-order valence-electron chi connectivity index (χ2n) is 12.0. The van der Waals surface area contributed by atoms with Gasteiger partial charge in [0.05, 0.1) is 159 Å². The topological polar surface area (TPSA) is 194 Å². The molecule has 0 atom stereocenters. The van der Waals surface area contributed by atoms with Crippen molar-refractivity contribution < 1.29 is 76.0 Å². The van der Waals surface area contributed by atoms with Crippen LogP contribution in [0.3, 0.4) is 0 Å². The van der Waals surface area contributed by atoms with Crippen molar-refractivity contribution in [3.8, 4) is 0 Å². The van der Waals surface area contributed by atoms with Crippen LogP contribution >= 0.6 is 0 Å². The van der Waals surface area contributed by atoms with Crippen LogP contribution in [0.5, 0.6) is 0 Å². The highest BCUT2D eigenvalue weighted by Crippen LogP contribution is 2.04. The molecular weight excluding hydrogens is 740 g/mol. The first kappa shape index (κ1) is 53.5. The lowest BCUT2D eigenvalue weighted by Gasteiger charge is -2.13. The van der Waals surface area contributed by atoms with Gasteiger partial charge in [0.25, 0.3) is 11.8 Å². The van der Waals surface area contributed by atoms with Crippen LogP contribution in [0.2, 0.25) is 0 Å². The summed E-state index contributed by atoms with van der Waals surface area (Å²) in [6.45, 7) is 15.1. The highest BCUT2D eigenvalue weighted by atomic mass is 16.6. The quantitative estimate of drug-likeness (QED) is 0.0673. The fraction of sp³-hybridized carbons (Fsp3) is 0.842. The zero-order valence-electron chi connectivity index (χ0n) is 33.0. The SMILES string of the molecule is C.CC(C)C(=O)CCOCCOCCOCCOCCOCCOCCOCCOCCOCCOCCOCCOCCNC(=O)CCN1C(=O)C=CC1=O. The molecule has 0 aromatic rings. The Morgan fingerprint density at radius 3 is 1.02 bits per heavy atom. The van der Waals surface area contributed by atoms with Crippen molar-refractivity contribution in [2.45, 2.75) is 34.1 Å². The zero-order valence-corrected chi connectivity index (χ0v) is 33.0. The monoisotopic (exact) mass is 810 g/mol. The van der Waals surface area contributed by atoms with Gasteiger partial charge in [0, 0.05) is 44.0 Å². The fourth-order valence-electron chi connectivity index (χ4n) is 4.20. The Morgan fingerprint density at radius 2 is 0.732 bits per heavy atom. The summed E-state index contributed by atoms with van der Waals surface area (Å²) in [5.74, 6) is -0.793. The van der Waals surface area contributed by atoms with Crippen molar-refractivity contribution in [2.75, 3.05) is 172 Å². The maximum Gasteiger partial charge on any atom is 0.253 e. The van der Waals surface area contributed by atoms with E-state index in [-0.39, 0.29) is 38.0 Å². The van der Waals surface area contributed by atoms with Gasteiger partial charge in [-0.25, -0.2) is 0 Å².